The van der Waals surface area contributed by atoms with Crippen LogP contribution in [0.15, 0.2) is 64.9 Å². The maximum atomic E-state index is 13.7. The second-order valence-electron chi connectivity index (χ2n) is 8.30. The second kappa shape index (κ2) is 7.96. The van der Waals surface area contributed by atoms with E-state index in [0.717, 1.165) is 10.9 Å². The van der Waals surface area contributed by atoms with E-state index in [1.54, 1.807) is 16.8 Å². The van der Waals surface area contributed by atoms with Gasteiger partial charge in [0.05, 0.1) is 34.7 Å². The maximum Gasteiger partial charge on any atom is 0.284 e. The van der Waals surface area contributed by atoms with Crippen molar-refractivity contribution < 1.29 is 4.74 Å². The first kappa shape index (κ1) is 20.7. The zero-order valence-electron chi connectivity index (χ0n) is 18.7. The summed E-state index contributed by atoms with van der Waals surface area (Å²) in [4.78, 5) is 32.4. The summed E-state index contributed by atoms with van der Waals surface area (Å²) >= 11 is 6.35. The number of rotatable bonds is 4. The number of para-hydroxylation sites is 1. The standard InChI is InChI=1S/C25H17ClN8O2/c26-17-8-11-33-20(17)25(35)34(15-5-2-1-3-6-15)22(31-33)18-7-4-10-32(18)23-19-16(24-27-9-12-36-24)13-28-21(19)29-14-30-23/h1-3,5-6,8,11,13-14,18H,9-10,12H2,(H,28,29,30). The third-order valence-electron chi connectivity index (χ3n) is 6.26. The number of nitrogens with one attached hydrogen (secondary N) is 1. The van der Waals surface area contributed by atoms with E-state index in [1.165, 1.54) is 10.8 Å². The Morgan fingerprint density at radius 1 is 1.17 bits per heavy atom. The molecule has 1 N–H and O–H groups in total. The highest BCUT2D eigenvalue weighted by Crippen LogP contribution is 2.34. The Kier molecular flexibility index (Phi) is 4.59. The molecule has 10 nitrogen and oxygen atoms in total. The second-order valence-corrected chi connectivity index (χ2v) is 8.71. The molecule has 11 heteroatoms. The van der Waals surface area contributed by atoms with Gasteiger partial charge in [0.1, 0.15) is 29.9 Å². The number of nitrogens with zero attached hydrogens (tertiary/aromatic N) is 7. The van der Waals surface area contributed by atoms with Gasteiger partial charge in [0, 0.05) is 12.4 Å². The highest BCUT2D eigenvalue weighted by atomic mass is 35.5. The van der Waals surface area contributed by atoms with Gasteiger partial charge in [-0.15, -0.1) is 0 Å². The van der Waals surface area contributed by atoms with Crippen LogP contribution in [0.1, 0.15) is 17.4 Å². The average Bonchev–Trinajstić information content (AvgIpc) is 3.70. The summed E-state index contributed by atoms with van der Waals surface area (Å²) in [6.07, 6.45) is 5.00. The van der Waals surface area contributed by atoms with Crippen molar-refractivity contribution >= 4 is 39.9 Å². The fourth-order valence-electron chi connectivity index (χ4n) is 4.68. The largest absolute Gasteiger partial charge is 0.475 e. The van der Waals surface area contributed by atoms with Crippen LogP contribution in [0.5, 0.6) is 0 Å². The van der Waals surface area contributed by atoms with Crippen LogP contribution in [0, 0.1) is 11.8 Å². The fourth-order valence-corrected chi connectivity index (χ4v) is 4.90. The van der Waals surface area contributed by atoms with Crippen molar-refractivity contribution in [3.63, 3.8) is 0 Å². The zero-order chi connectivity index (χ0) is 24.2. The normalized spacial score (nSPS) is 16.9. The van der Waals surface area contributed by atoms with Crippen LogP contribution in [0.2, 0.25) is 5.02 Å². The molecule has 0 bridgehead atoms. The SMILES string of the molecule is O=c1c2c(Cl)ccn2nc(C2C#CCN2c2ncnc3[nH]cc(C4=NCCO4)c23)n1-c1ccccc1. The van der Waals surface area contributed by atoms with Crippen LogP contribution in [-0.2, 0) is 4.74 Å². The number of H-pyrrole nitrogens is 1. The van der Waals surface area contributed by atoms with Crippen LogP contribution < -0.4 is 10.5 Å². The summed E-state index contributed by atoms with van der Waals surface area (Å²) in [6.45, 7) is 1.53. The Bertz CT molecular complexity index is 1810. The highest BCUT2D eigenvalue weighted by molar-refractivity contribution is 6.33. The van der Waals surface area contributed by atoms with E-state index in [1.807, 2.05) is 41.4 Å². The van der Waals surface area contributed by atoms with E-state index < -0.39 is 6.04 Å². The molecule has 2 aliphatic heterocycles. The highest BCUT2D eigenvalue weighted by Gasteiger charge is 2.32. The lowest BCUT2D eigenvalue weighted by atomic mass is 10.2. The number of benzene rings is 1. The Morgan fingerprint density at radius 2 is 2.06 bits per heavy atom. The van der Waals surface area contributed by atoms with Crippen molar-refractivity contribution in [2.45, 2.75) is 6.04 Å². The molecule has 176 valence electrons. The van der Waals surface area contributed by atoms with Crippen LogP contribution in [0.4, 0.5) is 5.82 Å². The van der Waals surface area contributed by atoms with Gasteiger partial charge in [-0.3, -0.25) is 9.36 Å². The van der Waals surface area contributed by atoms with Gasteiger partial charge < -0.3 is 14.6 Å². The van der Waals surface area contributed by atoms with Crippen LogP contribution in [0.3, 0.4) is 0 Å². The van der Waals surface area contributed by atoms with E-state index in [-0.39, 0.29) is 5.56 Å². The molecule has 0 saturated heterocycles. The number of aromatic amines is 1. The van der Waals surface area contributed by atoms with Gasteiger partial charge in [-0.25, -0.2) is 19.5 Å². The first-order valence-corrected chi connectivity index (χ1v) is 11.7. The summed E-state index contributed by atoms with van der Waals surface area (Å²) in [5.74, 6) is 8.06. The van der Waals surface area contributed by atoms with E-state index in [0.29, 0.717) is 59.1 Å². The third kappa shape index (κ3) is 3.03. The van der Waals surface area contributed by atoms with Crippen LogP contribution in [-0.4, -0.2) is 54.7 Å². The number of halogens is 1. The number of aliphatic imine (C=N–C) groups is 1. The maximum absolute atomic E-state index is 13.7. The first-order chi connectivity index (χ1) is 17.7. The molecule has 2 aliphatic rings. The van der Waals surface area contributed by atoms with Gasteiger partial charge in [0.15, 0.2) is 11.9 Å². The van der Waals surface area contributed by atoms with Gasteiger partial charge in [0.25, 0.3) is 5.56 Å². The topological polar surface area (TPSA) is 106 Å². The molecule has 0 amide bonds. The number of ether oxygens (including phenoxy) is 1. The summed E-state index contributed by atoms with van der Waals surface area (Å²) in [6, 6.07) is 10.4. The molecule has 36 heavy (non-hydrogen) atoms. The van der Waals surface area contributed by atoms with Crippen molar-refractivity contribution in [2.24, 2.45) is 4.99 Å². The lowest BCUT2D eigenvalue weighted by Crippen LogP contribution is -2.34. The number of hydrogen-bond acceptors (Lipinski definition) is 7. The molecular weight excluding hydrogens is 480 g/mol. The van der Waals surface area contributed by atoms with Gasteiger partial charge in [-0.1, -0.05) is 41.6 Å². The summed E-state index contributed by atoms with van der Waals surface area (Å²) in [7, 11) is 0. The number of fused-ring (bicyclic) bond motifs is 2. The summed E-state index contributed by atoms with van der Waals surface area (Å²) in [5, 5.41) is 5.92. The Labute approximate surface area is 208 Å². The quantitative estimate of drug-likeness (QED) is 0.383. The fraction of sp³-hybridized carbons (Fsp3) is 0.160. The van der Waals surface area contributed by atoms with E-state index in [9.17, 15) is 4.79 Å². The molecule has 1 aromatic carbocycles. The molecular formula is C25H17ClN8O2. The minimum atomic E-state index is -0.559. The Hall–Kier alpha value is -4.62. The minimum Gasteiger partial charge on any atom is -0.475 e. The summed E-state index contributed by atoms with van der Waals surface area (Å²) < 4.78 is 8.81. The molecule has 0 aliphatic carbocycles. The Balaban J connectivity index is 1.45. The lowest BCUT2D eigenvalue weighted by Gasteiger charge is -2.26. The predicted octanol–water partition coefficient (Wildman–Crippen LogP) is 2.75. The van der Waals surface area contributed by atoms with Crippen LogP contribution >= 0.6 is 11.6 Å². The molecule has 6 heterocycles. The molecule has 0 fully saturated rings. The Morgan fingerprint density at radius 3 is 2.89 bits per heavy atom. The molecule has 5 aromatic rings. The van der Waals surface area contributed by atoms with Gasteiger partial charge >= 0.3 is 0 Å². The van der Waals surface area contributed by atoms with Crippen molar-refractivity contribution in [3.8, 4) is 17.5 Å². The van der Waals surface area contributed by atoms with E-state index in [2.05, 4.69) is 31.8 Å². The van der Waals surface area contributed by atoms with Crippen molar-refractivity contribution in [1.29, 1.82) is 0 Å². The number of aromatic nitrogens is 6. The molecule has 7 rings (SSSR count). The lowest BCUT2D eigenvalue weighted by molar-refractivity contribution is 0.348. The molecule has 0 spiro atoms. The van der Waals surface area contributed by atoms with E-state index >= 15 is 0 Å². The first-order valence-electron chi connectivity index (χ1n) is 11.3. The number of hydrogen-bond donors (Lipinski definition) is 1. The third-order valence-corrected chi connectivity index (χ3v) is 6.56. The average molecular weight is 497 g/mol. The van der Waals surface area contributed by atoms with Gasteiger partial charge in [-0.05, 0) is 18.2 Å². The van der Waals surface area contributed by atoms with Crippen molar-refractivity contribution in [3.05, 3.63) is 81.9 Å². The molecule has 0 saturated carbocycles. The number of anilines is 1. The van der Waals surface area contributed by atoms with Crippen LogP contribution in [0.25, 0.3) is 22.2 Å². The van der Waals surface area contributed by atoms with Gasteiger partial charge in [0.2, 0.25) is 5.90 Å². The molecule has 0 radical (unpaired) electrons. The van der Waals surface area contributed by atoms with Crippen molar-refractivity contribution in [2.75, 3.05) is 24.6 Å². The summed E-state index contributed by atoms with van der Waals surface area (Å²) in [5.41, 5.74) is 2.13. The van der Waals surface area contributed by atoms with Crippen molar-refractivity contribution in [1.82, 2.24) is 29.1 Å². The smallest absolute Gasteiger partial charge is 0.284 e. The predicted molar refractivity (Wildman–Crippen MR) is 135 cm³/mol. The van der Waals surface area contributed by atoms with E-state index in [4.69, 9.17) is 21.4 Å². The van der Waals surface area contributed by atoms with Gasteiger partial charge in [-0.2, -0.15) is 5.10 Å². The monoisotopic (exact) mass is 496 g/mol. The minimum absolute atomic E-state index is 0.279. The zero-order valence-corrected chi connectivity index (χ0v) is 19.5. The molecule has 4 aromatic heterocycles. The molecule has 1 atom stereocenters. The molecule has 1 unspecified atom stereocenters.